The Morgan fingerprint density at radius 1 is 1.11 bits per heavy atom. The predicted octanol–water partition coefficient (Wildman–Crippen LogP) is 2.97. The van der Waals surface area contributed by atoms with E-state index in [1.807, 2.05) is 36.4 Å². The normalized spacial score (nSPS) is 18.2. The molecule has 4 rings (SSSR count). The minimum atomic E-state index is -3.57. The molecular weight excluding hydrogens is 372 g/mol. The van der Waals surface area contributed by atoms with Crippen molar-refractivity contribution in [3.63, 3.8) is 0 Å². The van der Waals surface area contributed by atoms with Crippen LogP contribution in [-0.2, 0) is 23.5 Å². The van der Waals surface area contributed by atoms with Gasteiger partial charge in [-0.3, -0.25) is 4.98 Å². The van der Waals surface area contributed by atoms with Gasteiger partial charge in [-0.05, 0) is 30.5 Å². The van der Waals surface area contributed by atoms with Gasteiger partial charge in [0, 0.05) is 50.1 Å². The van der Waals surface area contributed by atoms with Gasteiger partial charge in [0.1, 0.15) is 0 Å². The fourth-order valence-corrected chi connectivity index (χ4v) is 5.18. The van der Waals surface area contributed by atoms with Crippen molar-refractivity contribution in [2.45, 2.75) is 30.2 Å². The van der Waals surface area contributed by atoms with Gasteiger partial charge in [0.15, 0.2) is 5.03 Å². The van der Waals surface area contributed by atoms with Crippen molar-refractivity contribution in [1.82, 2.24) is 18.8 Å². The molecular formula is C21H24N4O2S. The topological polar surface area (TPSA) is 68.1 Å². The van der Waals surface area contributed by atoms with E-state index in [0.29, 0.717) is 13.1 Å². The number of rotatable bonds is 5. The number of hydrogen-bond acceptors (Lipinski definition) is 4. The Hall–Kier alpha value is -2.51. The van der Waals surface area contributed by atoms with Gasteiger partial charge in [-0.1, -0.05) is 36.4 Å². The smallest absolute Gasteiger partial charge is 0.262 e. The zero-order chi connectivity index (χ0) is 19.6. The number of imidazole rings is 1. The Bertz CT molecular complexity index is 1050. The lowest BCUT2D eigenvalue weighted by Crippen LogP contribution is -2.39. The first-order valence-electron chi connectivity index (χ1n) is 9.50. The van der Waals surface area contributed by atoms with E-state index >= 15 is 0 Å². The number of aryl methyl sites for hydroxylation is 1. The van der Waals surface area contributed by atoms with Crippen molar-refractivity contribution in [2.75, 3.05) is 13.1 Å². The third kappa shape index (κ3) is 4.00. The molecule has 3 aromatic rings. The lowest BCUT2D eigenvalue weighted by molar-refractivity contribution is 0.311. The highest BCUT2D eigenvalue weighted by Gasteiger charge is 2.32. The van der Waals surface area contributed by atoms with Crippen molar-refractivity contribution in [3.05, 3.63) is 78.0 Å². The van der Waals surface area contributed by atoms with E-state index in [1.165, 1.54) is 11.9 Å². The fourth-order valence-electron chi connectivity index (χ4n) is 3.69. The number of sulfonamides is 1. The lowest BCUT2D eigenvalue weighted by Gasteiger charge is -2.31. The van der Waals surface area contributed by atoms with Crippen molar-refractivity contribution >= 4 is 10.0 Å². The van der Waals surface area contributed by atoms with Crippen LogP contribution in [0.2, 0.25) is 0 Å². The number of nitrogens with zero attached hydrogens (tertiary/aromatic N) is 4. The Balaban J connectivity index is 1.52. The summed E-state index contributed by atoms with van der Waals surface area (Å²) in [6.45, 7) is 0.972. The van der Waals surface area contributed by atoms with E-state index in [4.69, 9.17) is 4.98 Å². The summed E-state index contributed by atoms with van der Waals surface area (Å²) >= 11 is 0. The highest BCUT2D eigenvalue weighted by atomic mass is 32.2. The maximum atomic E-state index is 12.9. The minimum Gasteiger partial charge on any atom is -0.339 e. The zero-order valence-electron chi connectivity index (χ0n) is 15.9. The van der Waals surface area contributed by atoms with Crippen LogP contribution in [0.15, 0.2) is 66.1 Å². The molecule has 2 aromatic heterocycles. The molecule has 0 spiro atoms. The molecule has 146 valence electrons. The van der Waals surface area contributed by atoms with E-state index in [0.717, 1.165) is 30.7 Å². The average molecular weight is 397 g/mol. The highest BCUT2D eigenvalue weighted by molar-refractivity contribution is 7.89. The quantitative estimate of drug-likeness (QED) is 0.665. The van der Waals surface area contributed by atoms with Crippen molar-refractivity contribution in [2.24, 2.45) is 7.05 Å². The van der Waals surface area contributed by atoms with Gasteiger partial charge in [0.2, 0.25) is 0 Å². The molecule has 28 heavy (non-hydrogen) atoms. The van der Waals surface area contributed by atoms with Crippen LogP contribution in [-0.4, -0.2) is 40.3 Å². The third-order valence-corrected chi connectivity index (χ3v) is 6.90. The summed E-state index contributed by atoms with van der Waals surface area (Å²) in [5.74, 6) is 0.1000. The van der Waals surface area contributed by atoms with E-state index in [9.17, 15) is 8.42 Å². The van der Waals surface area contributed by atoms with E-state index < -0.39 is 10.0 Å². The largest absolute Gasteiger partial charge is 0.339 e. The third-order valence-electron chi connectivity index (χ3n) is 5.14. The van der Waals surface area contributed by atoms with Crippen LogP contribution in [0.3, 0.4) is 0 Å². The van der Waals surface area contributed by atoms with Gasteiger partial charge in [-0.15, -0.1) is 0 Å². The molecule has 1 aliphatic heterocycles. The number of benzene rings is 1. The lowest BCUT2D eigenvalue weighted by atomic mass is 9.95. The molecule has 0 aliphatic carbocycles. The molecule has 3 heterocycles. The van der Waals surface area contributed by atoms with E-state index in [1.54, 1.807) is 22.1 Å². The van der Waals surface area contributed by atoms with Crippen LogP contribution in [0, 0.1) is 0 Å². The molecule has 0 radical (unpaired) electrons. The SMILES string of the molecule is Cn1cnc(S(=O)(=O)N2CCCC(c3cccc(Cc4ccccc4)n3)C2)c1. The van der Waals surface area contributed by atoms with Crippen molar-refractivity contribution in [1.29, 1.82) is 0 Å². The van der Waals surface area contributed by atoms with Crippen LogP contribution in [0.5, 0.6) is 0 Å². The van der Waals surface area contributed by atoms with Crippen LogP contribution in [0.4, 0.5) is 0 Å². The standard InChI is InChI=1S/C21H24N4O2S/c1-24-15-21(22-16-24)28(26,27)25-12-6-9-18(14-25)20-11-5-10-19(23-20)13-17-7-3-2-4-8-17/h2-5,7-8,10-11,15-16,18H,6,9,12-14H2,1H3. The molecule has 1 aromatic carbocycles. The van der Waals surface area contributed by atoms with E-state index in [-0.39, 0.29) is 10.9 Å². The number of aromatic nitrogens is 3. The first-order chi connectivity index (χ1) is 13.5. The van der Waals surface area contributed by atoms with Gasteiger partial charge in [-0.25, -0.2) is 13.4 Å². The molecule has 0 saturated carbocycles. The summed E-state index contributed by atoms with van der Waals surface area (Å²) in [5, 5.41) is 0.112. The Morgan fingerprint density at radius 3 is 2.68 bits per heavy atom. The summed E-state index contributed by atoms with van der Waals surface area (Å²) in [4.78, 5) is 8.88. The van der Waals surface area contributed by atoms with Crippen LogP contribution in [0.1, 0.15) is 35.7 Å². The van der Waals surface area contributed by atoms with Gasteiger partial charge in [0.25, 0.3) is 10.0 Å². The fraction of sp³-hybridized carbons (Fsp3) is 0.333. The number of pyridine rings is 1. The van der Waals surface area contributed by atoms with Gasteiger partial charge in [0.05, 0.1) is 6.33 Å². The monoisotopic (exact) mass is 396 g/mol. The molecule has 7 heteroatoms. The second-order valence-electron chi connectivity index (χ2n) is 7.30. The van der Waals surface area contributed by atoms with Crippen molar-refractivity contribution in [3.8, 4) is 0 Å². The van der Waals surface area contributed by atoms with Crippen LogP contribution < -0.4 is 0 Å². The maximum absolute atomic E-state index is 12.9. The molecule has 6 nitrogen and oxygen atoms in total. The minimum absolute atomic E-state index is 0.1000. The molecule has 0 bridgehead atoms. The summed E-state index contributed by atoms with van der Waals surface area (Å²) in [6.07, 6.45) is 5.61. The summed E-state index contributed by atoms with van der Waals surface area (Å²) in [6, 6.07) is 16.3. The van der Waals surface area contributed by atoms with Crippen LogP contribution in [0.25, 0.3) is 0 Å². The Labute approximate surface area is 165 Å². The summed E-state index contributed by atoms with van der Waals surface area (Å²) in [5.41, 5.74) is 3.19. The van der Waals surface area contributed by atoms with Gasteiger partial charge < -0.3 is 4.57 Å². The molecule has 1 aliphatic rings. The number of hydrogen-bond donors (Lipinski definition) is 0. The first kappa shape index (κ1) is 18.8. The molecule has 1 fully saturated rings. The molecule has 0 amide bonds. The molecule has 1 saturated heterocycles. The Kier molecular flexibility index (Phi) is 5.28. The van der Waals surface area contributed by atoms with Gasteiger partial charge in [-0.2, -0.15) is 4.31 Å². The summed E-state index contributed by atoms with van der Waals surface area (Å²) in [7, 11) is -1.80. The second kappa shape index (κ2) is 7.85. The average Bonchev–Trinajstić information content (AvgIpc) is 3.16. The Morgan fingerprint density at radius 2 is 1.93 bits per heavy atom. The molecule has 1 atom stereocenters. The maximum Gasteiger partial charge on any atom is 0.262 e. The molecule has 1 unspecified atom stereocenters. The molecule has 0 N–H and O–H groups in total. The highest BCUT2D eigenvalue weighted by Crippen LogP contribution is 2.29. The first-order valence-corrected chi connectivity index (χ1v) is 10.9. The van der Waals surface area contributed by atoms with E-state index in [2.05, 4.69) is 17.1 Å². The van der Waals surface area contributed by atoms with Crippen LogP contribution >= 0.6 is 0 Å². The summed E-state index contributed by atoms with van der Waals surface area (Å²) < 4.78 is 29.0. The van der Waals surface area contributed by atoms with Gasteiger partial charge >= 0.3 is 0 Å². The zero-order valence-corrected chi connectivity index (χ0v) is 16.7. The van der Waals surface area contributed by atoms with Crippen molar-refractivity contribution < 1.29 is 8.42 Å². The second-order valence-corrected chi connectivity index (χ2v) is 9.18. The predicted molar refractivity (Wildman–Crippen MR) is 107 cm³/mol. The number of piperidine rings is 1.